The second-order valence-corrected chi connectivity index (χ2v) is 18.6. The molecule has 2 aromatic carbocycles. The van der Waals surface area contributed by atoms with Gasteiger partial charge < -0.3 is 50.0 Å². The molecule has 0 saturated carbocycles. The van der Waals surface area contributed by atoms with Crippen LogP contribution in [0.5, 0.6) is 11.5 Å². The van der Waals surface area contributed by atoms with E-state index in [0.717, 1.165) is 68.9 Å². The van der Waals surface area contributed by atoms with Crippen molar-refractivity contribution in [1.29, 1.82) is 0 Å². The van der Waals surface area contributed by atoms with Gasteiger partial charge in [0.1, 0.15) is 17.1 Å². The van der Waals surface area contributed by atoms with Gasteiger partial charge in [-0.3, -0.25) is 19.3 Å². The number of carbonyl (C=O) groups is 5. The molecule has 17 nitrogen and oxygen atoms in total. The average Bonchev–Trinajstić information content (AvgIpc) is 3.83. The minimum atomic E-state index is -5.08. The summed E-state index contributed by atoms with van der Waals surface area (Å²) in [4.78, 5) is 67.0. The van der Waals surface area contributed by atoms with E-state index in [2.05, 4.69) is 66.4 Å². The molecule has 2 saturated heterocycles. The lowest BCUT2D eigenvalue weighted by molar-refractivity contribution is -0.193. The normalized spacial score (nSPS) is 15.6. The topological polar surface area (TPSA) is 220 Å². The number of anilines is 1. The lowest BCUT2D eigenvalue weighted by Crippen LogP contribution is -2.58. The number of carboxylic acid groups (broad SMARTS) is 2. The van der Waals surface area contributed by atoms with E-state index in [0.29, 0.717) is 88.4 Å². The van der Waals surface area contributed by atoms with Crippen molar-refractivity contribution in [3.8, 4) is 11.5 Å². The Morgan fingerprint density at radius 2 is 1.61 bits per heavy atom. The third-order valence-corrected chi connectivity index (χ3v) is 13.2. The quantitative estimate of drug-likeness (QED) is 0.0474. The van der Waals surface area contributed by atoms with Gasteiger partial charge in [0.15, 0.2) is 12.4 Å². The highest BCUT2D eigenvalue weighted by Gasteiger charge is 2.42. The Kier molecular flexibility index (Phi) is 22.5. The van der Waals surface area contributed by atoms with Crippen molar-refractivity contribution in [2.45, 2.75) is 103 Å². The third kappa shape index (κ3) is 18.2. The molecular formula is C48H64F6N6O11S. The number of aromatic nitrogens is 1. The van der Waals surface area contributed by atoms with Crippen molar-refractivity contribution >= 4 is 46.7 Å². The number of amides is 3. The number of thiazole rings is 1. The number of unbranched alkanes of at least 4 members (excludes halogenated alkanes) is 1. The van der Waals surface area contributed by atoms with Gasteiger partial charge in [0.25, 0.3) is 11.8 Å². The number of hydrogen-bond acceptors (Lipinski definition) is 13. The molecule has 0 atom stereocenters. The SMILES string of the molecule is CCCCN(CCNCCc1ccc(O)c2c1OCC(=O)N2)C(=O)CCOCCc1cccc(CN2CCC3(CC2)CN(C(=O)c2csc(C(C)C)n2)CCO3)c1C.O=C(O)C(F)(F)F.O=C(O)C(F)(F)F. The van der Waals surface area contributed by atoms with Crippen LogP contribution in [-0.2, 0) is 48.0 Å². The number of phenols is 1. The van der Waals surface area contributed by atoms with E-state index in [1.165, 1.54) is 16.7 Å². The van der Waals surface area contributed by atoms with Crippen LogP contribution in [0.15, 0.2) is 35.7 Å². The largest absolute Gasteiger partial charge is 0.506 e. The fraction of sp³-hybridized carbons (Fsp3) is 0.583. The van der Waals surface area contributed by atoms with Gasteiger partial charge in [-0.25, -0.2) is 14.6 Å². The third-order valence-electron chi connectivity index (χ3n) is 12.0. The van der Waals surface area contributed by atoms with Crippen LogP contribution in [0.4, 0.5) is 32.0 Å². The number of morpholine rings is 1. The number of carbonyl (C=O) groups excluding carboxylic acids is 3. The minimum Gasteiger partial charge on any atom is -0.506 e. The Balaban J connectivity index is 0.000000703. The number of phenolic OH excluding ortho intramolecular Hbond substituents is 1. The van der Waals surface area contributed by atoms with Crippen LogP contribution < -0.4 is 15.4 Å². The van der Waals surface area contributed by atoms with Crippen LogP contribution in [0.25, 0.3) is 0 Å². The Morgan fingerprint density at radius 1 is 0.944 bits per heavy atom. The van der Waals surface area contributed by atoms with Gasteiger partial charge in [0, 0.05) is 57.1 Å². The highest BCUT2D eigenvalue weighted by molar-refractivity contribution is 7.09. The Bertz CT molecular complexity index is 2260. The lowest BCUT2D eigenvalue weighted by atomic mass is 9.88. The molecule has 4 heterocycles. The molecule has 0 aliphatic carbocycles. The summed E-state index contributed by atoms with van der Waals surface area (Å²) in [6.45, 7) is 16.6. The van der Waals surface area contributed by atoms with Crippen LogP contribution in [0.2, 0.25) is 0 Å². The zero-order valence-electron chi connectivity index (χ0n) is 40.8. The summed E-state index contributed by atoms with van der Waals surface area (Å²) in [7, 11) is 0. The summed E-state index contributed by atoms with van der Waals surface area (Å²) < 4.78 is 81.5. The van der Waals surface area contributed by atoms with E-state index in [1.54, 1.807) is 17.4 Å². The van der Waals surface area contributed by atoms with E-state index < -0.39 is 24.3 Å². The average molecular weight is 1050 g/mol. The molecule has 24 heteroatoms. The smallest absolute Gasteiger partial charge is 0.490 e. The van der Waals surface area contributed by atoms with Gasteiger partial charge >= 0.3 is 24.3 Å². The van der Waals surface area contributed by atoms with Crippen molar-refractivity contribution in [3.63, 3.8) is 0 Å². The molecule has 2 fully saturated rings. The number of nitrogens with zero attached hydrogens (tertiary/aromatic N) is 4. The summed E-state index contributed by atoms with van der Waals surface area (Å²) in [6.07, 6.45) is -4.63. The maximum absolute atomic E-state index is 13.3. The molecule has 3 aliphatic rings. The molecule has 3 aliphatic heterocycles. The highest BCUT2D eigenvalue weighted by atomic mass is 32.1. The number of rotatable bonds is 19. The first-order valence-corrected chi connectivity index (χ1v) is 24.4. The molecule has 3 amide bonds. The van der Waals surface area contributed by atoms with Crippen molar-refractivity contribution in [1.82, 2.24) is 25.0 Å². The summed E-state index contributed by atoms with van der Waals surface area (Å²) in [5, 5.41) is 33.4. The molecule has 5 N–H and O–H groups in total. The van der Waals surface area contributed by atoms with E-state index in [-0.39, 0.29) is 35.7 Å². The fourth-order valence-corrected chi connectivity index (χ4v) is 8.77. The minimum absolute atomic E-state index is 0.0103. The number of aromatic hydroxyl groups is 1. The molecule has 1 aromatic heterocycles. The number of alkyl halides is 6. The van der Waals surface area contributed by atoms with Gasteiger partial charge in [-0.2, -0.15) is 26.3 Å². The van der Waals surface area contributed by atoms with E-state index in [9.17, 15) is 45.8 Å². The molecule has 0 unspecified atom stereocenters. The van der Waals surface area contributed by atoms with Crippen LogP contribution in [0, 0.1) is 6.92 Å². The second-order valence-electron chi connectivity index (χ2n) is 17.7. The summed E-state index contributed by atoms with van der Waals surface area (Å²) in [5.41, 5.74) is 5.37. The number of carboxylic acids is 2. The number of piperidine rings is 1. The molecule has 400 valence electrons. The highest BCUT2D eigenvalue weighted by Crippen LogP contribution is 2.39. The number of aliphatic carboxylic acids is 2. The van der Waals surface area contributed by atoms with E-state index in [4.69, 9.17) is 34.0 Å². The fourth-order valence-electron chi connectivity index (χ4n) is 7.96. The van der Waals surface area contributed by atoms with Crippen molar-refractivity contribution in [3.05, 3.63) is 68.7 Å². The van der Waals surface area contributed by atoms with Crippen LogP contribution >= 0.6 is 11.3 Å². The second kappa shape index (κ2) is 27.5. The molecular weight excluding hydrogens is 983 g/mol. The number of fused-ring (bicyclic) bond motifs is 1. The number of likely N-dealkylation sites (tertiary alicyclic amines) is 1. The number of hydrogen-bond donors (Lipinski definition) is 5. The molecule has 72 heavy (non-hydrogen) atoms. The van der Waals surface area contributed by atoms with Crippen molar-refractivity contribution in [2.75, 3.05) is 84.1 Å². The summed E-state index contributed by atoms with van der Waals surface area (Å²) in [5.74, 6) is -4.86. The first-order valence-electron chi connectivity index (χ1n) is 23.6. The molecule has 3 aromatic rings. The molecule has 0 radical (unpaired) electrons. The first-order chi connectivity index (χ1) is 33.9. The maximum Gasteiger partial charge on any atom is 0.490 e. The van der Waals surface area contributed by atoms with Gasteiger partial charge in [0.2, 0.25) is 5.91 Å². The number of ether oxygens (including phenoxy) is 3. The monoisotopic (exact) mass is 1050 g/mol. The Morgan fingerprint density at radius 3 is 2.24 bits per heavy atom. The lowest BCUT2D eigenvalue weighted by Gasteiger charge is -2.47. The van der Waals surface area contributed by atoms with Gasteiger partial charge in [0.05, 0.1) is 43.4 Å². The maximum atomic E-state index is 13.3. The van der Waals surface area contributed by atoms with Crippen LogP contribution in [0.1, 0.15) is 96.5 Å². The number of halogens is 6. The standard InChI is InChI=1S/C44H62N6O7S.2C2HF3O2/c1-5-6-19-49(22-18-45-17-12-34-10-11-37(51)40-41(34)56-28-38(52)47-40)39(53)14-25-55-24-13-33-8-7-9-35(32(33)4)27-48-20-15-44(16-21-48)30-50(23-26-57-44)43(54)36-29-58-42(46-36)31(2)3;2*3-2(4,5)1(6)7/h7-11,29,31,45,51H,5-6,12-28,30H2,1-4H3,(H,47,52);2*(H,6,7). The predicted octanol–water partition coefficient (Wildman–Crippen LogP) is 6.80. The summed E-state index contributed by atoms with van der Waals surface area (Å²) >= 11 is 1.56. The molecule has 0 bridgehead atoms. The summed E-state index contributed by atoms with van der Waals surface area (Å²) in [6, 6.07) is 9.91. The van der Waals surface area contributed by atoms with Gasteiger partial charge in [-0.15, -0.1) is 11.3 Å². The van der Waals surface area contributed by atoms with Crippen LogP contribution in [-0.4, -0.2) is 161 Å². The van der Waals surface area contributed by atoms with E-state index in [1.807, 2.05) is 21.2 Å². The number of benzene rings is 2. The number of nitrogens with one attached hydrogen (secondary N) is 2. The van der Waals surface area contributed by atoms with Gasteiger partial charge in [-0.1, -0.05) is 51.5 Å². The first kappa shape index (κ1) is 59.0. The van der Waals surface area contributed by atoms with Gasteiger partial charge in [-0.05, 0) is 73.9 Å². The van der Waals surface area contributed by atoms with E-state index >= 15 is 0 Å². The Labute approximate surface area is 417 Å². The Hall–Kier alpha value is -5.56. The molecule has 1 spiro atoms. The zero-order chi connectivity index (χ0) is 53.2. The van der Waals surface area contributed by atoms with Crippen molar-refractivity contribution < 1.29 is 79.8 Å². The molecule has 6 rings (SSSR count). The van der Waals surface area contributed by atoms with Crippen LogP contribution in [0.3, 0.4) is 0 Å². The van der Waals surface area contributed by atoms with Crippen molar-refractivity contribution in [2.24, 2.45) is 0 Å². The predicted molar refractivity (Wildman–Crippen MR) is 253 cm³/mol. The zero-order valence-corrected chi connectivity index (χ0v) is 41.6.